The van der Waals surface area contributed by atoms with Gasteiger partial charge in [-0.05, 0) is 38.3 Å². The van der Waals surface area contributed by atoms with E-state index >= 15 is 0 Å². The molecule has 2 N–H and O–H groups in total. The molecule has 2 rings (SSSR count). The number of ether oxygens (including phenoxy) is 1. The molecule has 1 aliphatic rings. The van der Waals surface area contributed by atoms with Crippen LogP contribution in [0, 0.1) is 12.8 Å². The molecule has 6 nitrogen and oxygen atoms in total. The maximum absolute atomic E-state index is 12.1. The van der Waals surface area contributed by atoms with Gasteiger partial charge in [-0.25, -0.2) is 0 Å². The third-order valence-corrected chi connectivity index (χ3v) is 4.91. The van der Waals surface area contributed by atoms with Crippen molar-refractivity contribution in [1.82, 2.24) is 15.5 Å². The van der Waals surface area contributed by atoms with Crippen LogP contribution in [0.25, 0.3) is 0 Å². The molecule has 0 aliphatic carbocycles. The van der Waals surface area contributed by atoms with E-state index in [2.05, 4.69) is 35.5 Å². The van der Waals surface area contributed by atoms with Crippen LogP contribution in [0.15, 0.2) is 29.3 Å². The van der Waals surface area contributed by atoms with Gasteiger partial charge in [-0.3, -0.25) is 9.79 Å². The van der Waals surface area contributed by atoms with E-state index in [1.165, 1.54) is 0 Å². The van der Waals surface area contributed by atoms with E-state index in [1.807, 2.05) is 36.9 Å². The average molecular weight is 389 g/mol. The van der Waals surface area contributed by atoms with Crippen molar-refractivity contribution in [3.63, 3.8) is 0 Å². The fourth-order valence-electron chi connectivity index (χ4n) is 3.28. The van der Waals surface area contributed by atoms with E-state index in [0.29, 0.717) is 19.2 Å². The number of piperidine rings is 1. The number of nitrogens with one attached hydrogen (secondary N) is 2. The number of para-hydroxylation sites is 1. The van der Waals surface area contributed by atoms with Crippen molar-refractivity contribution < 1.29 is 9.53 Å². The molecule has 0 unspecified atom stereocenters. The van der Waals surface area contributed by atoms with Gasteiger partial charge >= 0.3 is 0 Å². The van der Waals surface area contributed by atoms with Crippen molar-refractivity contribution in [3.05, 3.63) is 29.8 Å². The monoisotopic (exact) mass is 388 g/mol. The van der Waals surface area contributed by atoms with E-state index in [-0.39, 0.29) is 11.8 Å². The Morgan fingerprint density at radius 3 is 2.64 bits per heavy atom. The summed E-state index contributed by atoms with van der Waals surface area (Å²) in [5.41, 5.74) is 1.16. The van der Waals surface area contributed by atoms with Gasteiger partial charge in [0.1, 0.15) is 5.75 Å². The molecule has 28 heavy (non-hydrogen) atoms. The van der Waals surface area contributed by atoms with E-state index in [1.54, 1.807) is 0 Å². The Morgan fingerprint density at radius 2 is 2.00 bits per heavy atom. The van der Waals surface area contributed by atoms with Gasteiger partial charge in [0, 0.05) is 44.6 Å². The smallest absolute Gasteiger partial charge is 0.225 e. The number of carbonyl (C=O) groups excluding carboxylic acids is 1. The van der Waals surface area contributed by atoms with E-state index < -0.39 is 0 Å². The first-order valence-electron chi connectivity index (χ1n) is 10.5. The molecule has 0 radical (unpaired) electrons. The number of guanidine groups is 1. The average Bonchev–Trinajstić information content (AvgIpc) is 2.69. The van der Waals surface area contributed by atoms with Crippen LogP contribution < -0.4 is 15.4 Å². The second kappa shape index (κ2) is 11.6. The number of carbonyl (C=O) groups is 1. The molecule has 0 aromatic heterocycles. The lowest BCUT2D eigenvalue weighted by Gasteiger charge is -2.34. The lowest BCUT2D eigenvalue weighted by atomic mass is 10.0. The molecule has 156 valence electrons. The number of amides is 1. The Balaban J connectivity index is 1.73. The van der Waals surface area contributed by atoms with Gasteiger partial charge in [0.15, 0.2) is 5.96 Å². The number of benzene rings is 1. The second-order valence-electron chi connectivity index (χ2n) is 7.63. The maximum atomic E-state index is 12.1. The first kappa shape index (κ1) is 22.1. The zero-order valence-corrected chi connectivity index (χ0v) is 17.8. The Kier molecular flexibility index (Phi) is 9.11. The molecule has 1 fully saturated rings. The van der Waals surface area contributed by atoms with Gasteiger partial charge in [-0.1, -0.05) is 32.0 Å². The summed E-state index contributed by atoms with van der Waals surface area (Å²) in [6.45, 7) is 11.9. The molecule has 1 aliphatic heterocycles. The van der Waals surface area contributed by atoms with Gasteiger partial charge < -0.3 is 20.3 Å². The molecule has 1 aromatic carbocycles. The van der Waals surface area contributed by atoms with Gasteiger partial charge in [0.05, 0.1) is 6.61 Å². The van der Waals surface area contributed by atoms with Crippen LogP contribution in [-0.2, 0) is 4.79 Å². The van der Waals surface area contributed by atoms with E-state index in [4.69, 9.17) is 4.74 Å². The van der Waals surface area contributed by atoms with Crippen molar-refractivity contribution in [2.24, 2.45) is 10.9 Å². The topological polar surface area (TPSA) is 66.0 Å². The number of rotatable bonds is 8. The minimum absolute atomic E-state index is 0.0743. The van der Waals surface area contributed by atoms with Crippen LogP contribution in [0.5, 0.6) is 5.75 Å². The molecule has 0 bridgehead atoms. The predicted octanol–water partition coefficient (Wildman–Crippen LogP) is 2.97. The summed E-state index contributed by atoms with van der Waals surface area (Å²) in [7, 11) is 0. The molecule has 1 amide bonds. The summed E-state index contributed by atoms with van der Waals surface area (Å²) in [6, 6.07) is 8.43. The number of hydrogen-bond acceptors (Lipinski definition) is 3. The number of nitrogens with zero attached hydrogens (tertiary/aromatic N) is 2. The van der Waals surface area contributed by atoms with Crippen molar-refractivity contribution in [2.75, 3.05) is 32.8 Å². The lowest BCUT2D eigenvalue weighted by Crippen LogP contribution is -2.50. The number of aryl methyl sites for hydroxylation is 1. The van der Waals surface area contributed by atoms with Gasteiger partial charge in [-0.2, -0.15) is 0 Å². The maximum Gasteiger partial charge on any atom is 0.225 e. The first-order valence-corrected chi connectivity index (χ1v) is 10.5. The predicted molar refractivity (Wildman–Crippen MR) is 115 cm³/mol. The van der Waals surface area contributed by atoms with Gasteiger partial charge in [-0.15, -0.1) is 0 Å². The zero-order valence-electron chi connectivity index (χ0n) is 17.8. The summed E-state index contributed by atoms with van der Waals surface area (Å²) >= 11 is 0. The molecule has 6 heteroatoms. The second-order valence-corrected chi connectivity index (χ2v) is 7.63. The van der Waals surface area contributed by atoms with Crippen LogP contribution >= 0.6 is 0 Å². The van der Waals surface area contributed by atoms with Gasteiger partial charge in [0.25, 0.3) is 0 Å². The summed E-state index contributed by atoms with van der Waals surface area (Å²) < 4.78 is 5.83. The normalized spacial score (nSPS) is 15.6. The standard InChI is InChI=1S/C22H36N4O2/c1-5-23-22(24-13-8-16-28-20-10-7-6-9-18(20)4)25-19-11-14-26(15-12-19)21(27)17(2)3/h6-7,9-10,17,19H,5,8,11-16H2,1-4H3,(H2,23,24,25). The molecule has 1 aromatic rings. The van der Waals surface area contributed by atoms with E-state index in [0.717, 1.165) is 56.2 Å². The van der Waals surface area contributed by atoms with Crippen LogP contribution in [0.2, 0.25) is 0 Å². The molecule has 0 saturated carbocycles. The highest BCUT2D eigenvalue weighted by Crippen LogP contribution is 2.16. The van der Waals surface area contributed by atoms with Crippen molar-refractivity contribution in [1.29, 1.82) is 0 Å². The quantitative estimate of drug-likeness (QED) is 0.408. The highest BCUT2D eigenvalue weighted by Gasteiger charge is 2.24. The summed E-state index contributed by atoms with van der Waals surface area (Å²) in [5, 5.41) is 6.84. The Bertz CT molecular complexity index is 637. The Labute approximate surface area is 169 Å². The number of aliphatic imine (C=N–C) groups is 1. The molecule has 1 saturated heterocycles. The highest BCUT2D eigenvalue weighted by molar-refractivity contribution is 5.80. The SMILES string of the molecule is CCNC(=NCCCOc1ccccc1C)NC1CCN(C(=O)C(C)C)CC1. The van der Waals surface area contributed by atoms with Crippen LogP contribution in [0.1, 0.15) is 45.6 Å². The molecular weight excluding hydrogens is 352 g/mol. The van der Waals surface area contributed by atoms with E-state index in [9.17, 15) is 4.79 Å². The minimum Gasteiger partial charge on any atom is -0.493 e. The molecule has 0 atom stereocenters. The highest BCUT2D eigenvalue weighted by atomic mass is 16.5. The first-order chi connectivity index (χ1) is 13.5. The minimum atomic E-state index is 0.0743. The summed E-state index contributed by atoms with van der Waals surface area (Å²) in [5.74, 6) is 2.13. The summed E-state index contributed by atoms with van der Waals surface area (Å²) in [6.07, 6.45) is 2.78. The zero-order chi connectivity index (χ0) is 20.4. The van der Waals surface area contributed by atoms with Crippen LogP contribution in [-0.4, -0.2) is 55.6 Å². The fourth-order valence-corrected chi connectivity index (χ4v) is 3.28. The van der Waals surface area contributed by atoms with Crippen molar-refractivity contribution in [2.45, 2.75) is 53.0 Å². The van der Waals surface area contributed by atoms with Crippen LogP contribution in [0.3, 0.4) is 0 Å². The van der Waals surface area contributed by atoms with Crippen molar-refractivity contribution >= 4 is 11.9 Å². The molecule has 1 heterocycles. The Morgan fingerprint density at radius 1 is 1.29 bits per heavy atom. The Hall–Kier alpha value is -2.24. The third kappa shape index (κ3) is 7.06. The van der Waals surface area contributed by atoms with Gasteiger partial charge in [0.2, 0.25) is 5.91 Å². The van der Waals surface area contributed by atoms with Crippen molar-refractivity contribution in [3.8, 4) is 5.75 Å². The van der Waals surface area contributed by atoms with Crippen LogP contribution in [0.4, 0.5) is 0 Å². The fraction of sp³-hybridized carbons (Fsp3) is 0.636. The largest absolute Gasteiger partial charge is 0.493 e. The lowest BCUT2D eigenvalue weighted by molar-refractivity contribution is -0.135. The summed E-state index contributed by atoms with van der Waals surface area (Å²) in [4.78, 5) is 18.8. The third-order valence-electron chi connectivity index (χ3n) is 4.91. The number of hydrogen-bond donors (Lipinski definition) is 2. The molecular formula is C22H36N4O2. The number of likely N-dealkylation sites (tertiary alicyclic amines) is 1. The molecule has 0 spiro atoms.